The number of benzene rings is 2. The number of hydrogen-bond donors (Lipinski definition) is 2. The molecule has 0 heterocycles. The summed E-state index contributed by atoms with van der Waals surface area (Å²) in [6, 6.07) is 21.5. The normalized spacial score (nSPS) is 7.71. The molecule has 2 rings (SSSR count). The third-order valence-electron chi connectivity index (χ3n) is 1.47. The lowest BCUT2D eigenvalue weighted by molar-refractivity contribution is 1.69. The molecule has 0 aliphatic carbocycles. The van der Waals surface area contributed by atoms with Gasteiger partial charge in [0, 0.05) is 7.11 Å². The monoisotopic (exact) mass is 190 g/mol. The number of anilines is 1. The molecule has 2 heteroatoms. The van der Waals surface area contributed by atoms with Crippen molar-refractivity contribution in [1.29, 1.82) is 0 Å². The van der Waals surface area contributed by atoms with E-state index in [0.717, 1.165) is 5.69 Å². The van der Waals surface area contributed by atoms with Crippen molar-refractivity contribution in [2.45, 2.75) is 0 Å². The van der Waals surface area contributed by atoms with Crippen LogP contribution in [-0.2, 0) is 0 Å². The molecule has 0 fully saturated rings. The molecule has 0 saturated heterocycles. The van der Waals surface area contributed by atoms with Gasteiger partial charge in [-0.2, -0.15) is 0 Å². The fourth-order valence-corrected chi connectivity index (χ4v) is 0.838. The van der Waals surface area contributed by atoms with Crippen molar-refractivity contribution in [3.63, 3.8) is 0 Å². The summed E-state index contributed by atoms with van der Waals surface area (Å²) >= 11 is 0. The fourth-order valence-electron chi connectivity index (χ4n) is 0.838. The molecule has 0 saturated carbocycles. The molecule has 2 aromatic rings. The van der Waals surface area contributed by atoms with Crippen LogP contribution in [0.1, 0.15) is 1.43 Å². The van der Waals surface area contributed by atoms with Crippen LogP contribution in [0.15, 0.2) is 66.7 Å². The zero-order chi connectivity index (χ0) is 9.36. The number of para-hydroxylation sites is 1. The molecule has 0 aliphatic rings. The maximum atomic E-state index is 5.36. The second-order valence-corrected chi connectivity index (χ2v) is 2.57. The number of hydrogen-bond acceptors (Lipinski definition) is 2. The average Bonchev–Trinajstić information content (AvgIpc) is 2.22. The molecule has 0 spiro atoms. The molecule has 0 amide bonds. The predicted octanol–water partition coefficient (Wildman–Crippen LogP) is 3.36. The highest BCUT2D eigenvalue weighted by Gasteiger charge is 1.72. The van der Waals surface area contributed by atoms with E-state index in [1.165, 1.54) is 0 Å². The largest absolute Gasteiger partial charge is 0.399 e. The molecule has 5 N–H and O–H groups in total. The Bertz CT molecular complexity index is 284. The maximum absolute atomic E-state index is 5.36. The zero-order valence-electron chi connectivity index (χ0n) is 8.14. The molecule has 0 aliphatic heterocycles. The summed E-state index contributed by atoms with van der Waals surface area (Å²) in [4.78, 5) is 0. The summed E-state index contributed by atoms with van der Waals surface area (Å²) in [5, 5.41) is 0. The Morgan fingerprint density at radius 2 is 0.929 bits per heavy atom. The van der Waals surface area contributed by atoms with Gasteiger partial charge >= 0.3 is 0 Å². The molecule has 0 unspecified atom stereocenters. The fraction of sp³-hybridized carbons (Fsp3) is 0. The van der Waals surface area contributed by atoms with Crippen molar-refractivity contribution in [2.75, 3.05) is 5.73 Å². The van der Waals surface area contributed by atoms with E-state index in [1.54, 1.807) is 0 Å². The Morgan fingerprint density at radius 3 is 1.14 bits per heavy atom. The first-order chi connectivity index (χ1) is 6.39. The van der Waals surface area contributed by atoms with E-state index in [4.69, 9.17) is 5.73 Å². The minimum atomic E-state index is 0. The molecule has 0 atom stereocenters. The summed E-state index contributed by atoms with van der Waals surface area (Å²) in [7, 11) is 0. The van der Waals surface area contributed by atoms with Gasteiger partial charge in [-0.15, -0.1) is 0 Å². The summed E-state index contributed by atoms with van der Waals surface area (Å²) in [6.45, 7) is 0. The zero-order valence-corrected chi connectivity index (χ0v) is 8.14. The van der Waals surface area contributed by atoms with Crippen LogP contribution in [0.3, 0.4) is 0 Å². The SMILES string of the molecule is N.Nc1ccccc1.[HH].c1ccccc1. The summed E-state index contributed by atoms with van der Waals surface area (Å²) in [5.74, 6) is 0. The first kappa shape index (κ1) is 12.2. The van der Waals surface area contributed by atoms with Crippen LogP contribution in [-0.4, -0.2) is 0 Å². The van der Waals surface area contributed by atoms with E-state index in [9.17, 15) is 0 Å². The van der Waals surface area contributed by atoms with Gasteiger partial charge in [-0.1, -0.05) is 54.6 Å². The lowest BCUT2D eigenvalue weighted by atomic mass is 10.3. The van der Waals surface area contributed by atoms with Gasteiger partial charge in [-0.25, -0.2) is 0 Å². The van der Waals surface area contributed by atoms with Crippen LogP contribution in [0.25, 0.3) is 0 Å². The highest BCUT2D eigenvalue weighted by Crippen LogP contribution is 1.95. The van der Waals surface area contributed by atoms with Gasteiger partial charge in [-0.3, -0.25) is 0 Å². The maximum Gasteiger partial charge on any atom is 0.0313 e. The van der Waals surface area contributed by atoms with E-state index in [0.29, 0.717) is 0 Å². The molecule has 76 valence electrons. The molecule has 14 heavy (non-hydrogen) atoms. The Kier molecular flexibility index (Phi) is 6.82. The first-order valence-corrected chi connectivity index (χ1v) is 4.20. The topological polar surface area (TPSA) is 61.0 Å². The number of nitrogen functional groups attached to an aromatic ring is 1. The minimum Gasteiger partial charge on any atom is -0.399 e. The lowest BCUT2D eigenvalue weighted by Crippen LogP contribution is -1.79. The molecular weight excluding hydrogens is 172 g/mol. The molecule has 0 radical (unpaired) electrons. The van der Waals surface area contributed by atoms with Crippen LogP contribution >= 0.6 is 0 Å². The van der Waals surface area contributed by atoms with E-state index in [2.05, 4.69) is 0 Å². The number of nitrogens with two attached hydrogens (primary N) is 1. The third-order valence-corrected chi connectivity index (χ3v) is 1.47. The molecule has 0 aromatic heterocycles. The van der Waals surface area contributed by atoms with Crippen molar-refractivity contribution in [2.24, 2.45) is 0 Å². The van der Waals surface area contributed by atoms with E-state index in [-0.39, 0.29) is 7.58 Å². The third kappa shape index (κ3) is 5.80. The van der Waals surface area contributed by atoms with E-state index >= 15 is 0 Å². The van der Waals surface area contributed by atoms with Crippen LogP contribution in [0.5, 0.6) is 0 Å². The van der Waals surface area contributed by atoms with Gasteiger partial charge in [0.05, 0.1) is 0 Å². The quantitative estimate of drug-likeness (QED) is 0.626. The van der Waals surface area contributed by atoms with Crippen LogP contribution < -0.4 is 11.9 Å². The number of rotatable bonds is 0. The van der Waals surface area contributed by atoms with Crippen molar-refractivity contribution >= 4 is 5.69 Å². The smallest absolute Gasteiger partial charge is 0.0313 e. The van der Waals surface area contributed by atoms with Gasteiger partial charge in [-0.05, 0) is 12.1 Å². The van der Waals surface area contributed by atoms with E-state index in [1.807, 2.05) is 66.7 Å². The van der Waals surface area contributed by atoms with Gasteiger partial charge in [0.1, 0.15) is 0 Å². The van der Waals surface area contributed by atoms with Crippen LogP contribution in [0.4, 0.5) is 5.69 Å². The molecule has 2 aromatic carbocycles. The highest BCUT2D eigenvalue weighted by molar-refractivity contribution is 5.35. The lowest BCUT2D eigenvalue weighted by Gasteiger charge is -1.83. The van der Waals surface area contributed by atoms with Gasteiger partial charge in [0.15, 0.2) is 0 Å². The standard InChI is InChI=1S/C6H7N.C6H6.H3N.H2/c7-6-4-2-1-3-5-6;1-2-4-6-5-3-1;;/h1-5H,7H2;1-6H;1H3;1H. The molecular formula is C12H18N2. The Hall–Kier alpha value is -1.80. The van der Waals surface area contributed by atoms with Crippen molar-refractivity contribution < 1.29 is 1.43 Å². The summed E-state index contributed by atoms with van der Waals surface area (Å²) < 4.78 is 0. The van der Waals surface area contributed by atoms with E-state index < -0.39 is 0 Å². The second-order valence-electron chi connectivity index (χ2n) is 2.57. The minimum absolute atomic E-state index is 0. The van der Waals surface area contributed by atoms with Crippen LogP contribution in [0.2, 0.25) is 0 Å². The molecule has 2 nitrogen and oxygen atoms in total. The van der Waals surface area contributed by atoms with Gasteiger partial charge in [0.25, 0.3) is 0 Å². The Balaban J connectivity index is 0. The van der Waals surface area contributed by atoms with Gasteiger partial charge < -0.3 is 11.9 Å². The van der Waals surface area contributed by atoms with Crippen molar-refractivity contribution in [3.05, 3.63) is 66.7 Å². The Morgan fingerprint density at radius 1 is 0.643 bits per heavy atom. The van der Waals surface area contributed by atoms with Crippen LogP contribution in [0, 0.1) is 0 Å². The van der Waals surface area contributed by atoms with Crippen molar-refractivity contribution in [1.82, 2.24) is 6.15 Å². The summed E-state index contributed by atoms with van der Waals surface area (Å²) in [6.07, 6.45) is 0. The summed E-state index contributed by atoms with van der Waals surface area (Å²) in [5.41, 5.74) is 6.18. The Labute approximate surface area is 86.5 Å². The average molecular weight is 190 g/mol. The van der Waals surface area contributed by atoms with Gasteiger partial charge in [0.2, 0.25) is 0 Å². The highest BCUT2D eigenvalue weighted by atomic mass is 14.5. The van der Waals surface area contributed by atoms with Crippen molar-refractivity contribution in [3.8, 4) is 0 Å². The first-order valence-electron chi connectivity index (χ1n) is 4.20. The predicted molar refractivity (Wildman–Crippen MR) is 64.4 cm³/mol. The molecule has 0 bridgehead atoms. The second kappa shape index (κ2) is 7.83.